The molecule has 0 saturated carbocycles. The van der Waals surface area contributed by atoms with Gasteiger partial charge in [0.25, 0.3) is 0 Å². The van der Waals surface area contributed by atoms with Gasteiger partial charge in [0.2, 0.25) is 0 Å². The second kappa shape index (κ2) is 6.35. The van der Waals surface area contributed by atoms with Crippen LogP contribution in [0.15, 0.2) is 18.3 Å². The van der Waals surface area contributed by atoms with E-state index in [1.807, 2.05) is 6.20 Å². The minimum absolute atomic E-state index is 0.149. The number of anilines is 1. The monoisotopic (exact) mass is 289 g/mol. The van der Waals surface area contributed by atoms with E-state index in [-0.39, 0.29) is 5.54 Å². The van der Waals surface area contributed by atoms with E-state index in [4.69, 9.17) is 0 Å². The third-order valence-electron chi connectivity index (χ3n) is 4.90. The molecule has 0 aliphatic carbocycles. The standard InChI is InChI=1S/C18H31N3/c1-6-18(7-2)9-11-21(14-18)16-12-15(8-10-19-16)13-20-17(3,4)5/h8,10,12,20H,6-7,9,11,13-14H2,1-5H3. The molecule has 118 valence electrons. The number of hydrogen-bond acceptors (Lipinski definition) is 3. The van der Waals surface area contributed by atoms with Gasteiger partial charge < -0.3 is 10.2 Å². The summed E-state index contributed by atoms with van der Waals surface area (Å²) in [5.41, 5.74) is 1.97. The van der Waals surface area contributed by atoms with Crippen LogP contribution in [-0.2, 0) is 6.54 Å². The van der Waals surface area contributed by atoms with Gasteiger partial charge in [-0.05, 0) is 63.1 Å². The van der Waals surface area contributed by atoms with Crippen LogP contribution in [0.25, 0.3) is 0 Å². The van der Waals surface area contributed by atoms with E-state index in [0.29, 0.717) is 5.41 Å². The van der Waals surface area contributed by atoms with Gasteiger partial charge in [-0.25, -0.2) is 4.98 Å². The molecule has 0 atom stereocenters. The Morgan fingerprint density at radius 1 is 1.29 bits per heavy atom. The number of nitrogens with zero attached hydrogens (tertiary/aromatic N) is 2. The van der Waals surface area contributed by atoms with Crippen molar-refractivity contribution in [2.75, 3.05) is 18.0 Å². The van der Waals surface area contributed by atoms with Gasteiger partial charge in [-0.15, -0.1) is 0 Å². The van der Waals surface area contributed by atoms with Crippen molar-refractivity contribution in [2.45, 2.75) is 66.0 Å². The van der Waals surface area contributed by atoms with Crippen molar-refractivity contribution in [3.63, 3.8) is 0 Å². The maximum absolute atomic E-state index is 4.60. The van der Waals surface area contributed by atoms with Gasteiger partial charge in [-0.2, -0.15) is 0 Å². The number of rotatable bonds is 5. The Kier molecular flexibility index (Phi) is 4.92. The third-order valence-corrected chi connectivity index (χ3v) is 4.90. The molecule has 1 fully saturated rings. The first kappa shape index (κ1) is 16.3. The highest BCUT2D eigenvalue weighted by atomic mass is 15.2. The Bertz CT molecular complexity index is 458. The minimum atomic E-state index is 0.149. The molecule has 0 radical (unpaired) electrons. The van der Waals surface area contributed by atoms with E-state index >= 15 is 0 Å². The molecule has 1 aliphatic rings. The normalized spacial score (nSPS) is 18.2. The van der Waals surface area contributed by atoms with Crippen LogP contribution in [0.4, 0.5) is 5.82 Å². The summed E-state index contributed by atoms with van der Waals surface area (Å²) in [6, 6.07) is 4.37. The molecule has 0 aromatic carbocycles. The van der Waals surface area contributed by atoms with Gasteiger partial charge in [-0.3, -0.25) is 0 Å². The molecule has 2 heterocycles. The zero-order valence-electron chi connectivity index (χ0n) is 14.4. The predicted octanol–water partition coefficient (Wildman–Crippen LogP) is 3.99. The molecule has 3 nitrogen and oxygen atoms in total. The fourth-order valence-corrected chi connectivity index (χ4v) is 3.07. The molecule has 1 aromatic heterocycles. The fourth-order valence-electron chi connectivity index (χ4n) is 3.07. The summed E-state index contributed by atoms with van der Waals surface area (Å²) in [5.74, 6) is 1.15. The molecule has 0 spiro atoms. The maximum Gasteiger partial charge on any atom is 0.128 e. The van der Waals surface area contributed by atoms with Crippen LogP contribution in [0.5, 0.6) is 0 Å². The number of pyridine rings is 1. The Hall–Kier alpha value is -1.09. The topological polar surface area (TPSA) is 28.2 Å². The number of aromatic nitrogens is 1. The fraction of sp³-hybridized carbons (Fsp3) is 0.722. The molecule has 0 unspecified atom stereocenters. The van der Waals surface area contributed by atoms with E-state index < -0.39 is 0 Å². The van der Waals surface area contributed by atoms with Crippen molar-refractivity contribution in [2.24, 2.45) is 5.41 Å². The predicted molar refractivity (Wildman–Crippen MR) is 90.7 cm³/mol. The van der Waals surface area contributed by atoms with Crippen molar-refractivity contribution in [3.05, 3.63) is 23.9 Å². The lowest BCUT2D eigenvalue weighted by molar-refractivity contribution is 0.301. The Labute approximate surface area is 130 Å². The summed E-state index contributed by atoms with van der Waals surface area (Å²) < 4.78 is 0. The van der Waals surface area contributed by atoms with Crippen LogP contribution in [0.1, 0.15) is 59.4 Å². The van der Waals surface area contributed by atoms with Crippen LogP contribution in [0, 0.1) is 5.41 Å². The SMILES string of the molecule is CCC1(CC)CCN(c2cc(CNC(C)(C)C)ccn2)C1. The molecule has 1 saturated heterocycles. The quantitative estimate of drug-likeness (QED) is 0.888. The van der Waals surface area contributed by atoms with Gasteiger partial charge >= 0.3 is 0 Å². The van der Waals surface area contributed by atoms with Crippen molar-refractivity contribution in [3.8, 4) is 0 Å². The molecule has 1 N–H and O–H groups in total. The van der Waals surface area contributed by atoms with Crippen molar-refractivity contribution < 1.29 is 0 Å². The Balaban J connectivity index is 2.05. The highest BCUT2D eigenvalue weighted by Gasteiger charge is 2.35. The van der Waals surface area contributed by atoms with E-state index in [9.17, 15) is 0 Å². The van der Waals surface area contributed by atoms with Crippen molar-refractivity contribution >= 4 is 5.82 Å². The highest BCUT2D eigenvalue weighted by Crippen LogP contribution is 2.38. The van der Waals surface area contributed by atoms with E-state index in [1.54, 1.807) is 0 Å². The number of nitrogens with one attached hydrogen (secondary N) is 1. The zero-order chi connectivity index (χ0) is 15.5. The first-order chi connectivity index (χ1) is 9.87. The Morgan fingerprint density at radius 3 is 2.57 bits per heavy atom. The second-order valence-electron chi connectivity index (χ2n) is 7.50. The average Bonchev–Trinajstić information content (AvgIpc) is 2.90. The molecular weight excluding hydrogens is 258 g/mol. The summed E-state index contributed by atoms with van der Waals surface area (Å²) in [5, 5.41) is 3.55. The first-order valence-electron chi connectivity index (χ1n) is 8.32. The summed E-state index contributed by atoms with van der Waals surface area (Å²) in [6.45, 7) is 14.5. The van der Waals surface area contributed by atoms with Gasteiger partial charge in [0.05, 0.1) is 0 Å². The lowest BCUT2D eigenvalue weighted by Crippen LogP contribution is -2.35. The average molecular weight is 289 g/mol. The van der Waals surface area contributed by atoms with Gasteiger partial charge in [-0.1, -0.05) is 13.8 Å². The molecule has 21 heavy (non-hydrogen) atoms. The smallest absolute Gasteiger partial charge is 0.128 e. The molecule has 0 bridgehead atoms. The van der Waals surface area contributed by atoms with Gasteiger partial charge in [0, 0.05) is 31.4 Å². The molecule has 3 heteroatoms. The summed E-state index contributed by atoms with van der Waals surface area (Å²) in [4.78, 5) is 7.06. The summed E-state index contributed by atoms with van der Waals surface area (Å²) >= 11 is 0. The first-order valence-corrected chi connectivity index (χ1v) is 8.32. The molecular formula is C18H31N3. The van der Waals surface area contributed by atoms with E-state index in [2.05, 4.69) is 62.0 Å². The minimum Gasteiger partial charge on any atom is -0.356 e. The lowest BCUT2D eigenvalue weighted by Gasteiger charge is -2.27. The van der Waals surface area contributed by atoms with Gasteiger partial charge in [0.15, 0.2) is 0 Å². The van der Waals surface area contributed by atoms with E-state index in [0.717, 1.165) is 25.5 Å². The Morgan fingerprint density at radius 2 is 2.00 bits per heavy atom. The van der Waals surface area contributed by atoms with Crippen LogP contribution in [0.2, 0.25) is 0 Å². The van der Waals surface area contributed by atoms with Crippen molar-refractivity contribution in [1.29, 1.82) is 0 Å². The second-order valence-corrected chi connectivity index (χ2v) is 7.50. The zero-order valence-corrected chi connectivity index (χ0v) is 14.4. The molecule has 2 rings (SSSR count). The van der Waals surface area contributed by atoms with Gasteiger partial charge in [0.1, 0.15) is 5.82 Å². The number of hydrogen-bond donors (Lipinski definition) is 1. The van der Waals surface area contributed by atoms with Crippen LogP contribution in [0.3, 0.4) is 0 Å². The molecule has 0 amide bonds. The summed E-state index contributed by atoms with van der Waals surface area (Å²) in [6.07, 6.45) is 5.79. The van der Waals surface area contributed by atoms with Crippen LogP contribution >= 0.6 is 0 Å². The third kappa shape index (κ3) is 4.19. The van der Waals surface area contributed by atoms with Crippen LogP contribution < -0.4 is 10.2 Å². The largest absolute Gasteiger partial charge is 0.356 e. The molecule has 1 aromatic rings. The van der Waals surface area contributed by atoms with Crippen LogP contribution in [-0.4, -0.2) is 23.6 Å². The van der Waals surface area contributed by atoms with E-state index in [1.165, 1.54) is 24.8 Å². The highest BCUT2D eigenvalue weighted by molar-refractivity contribution is 5.42. The summed E-state index contributed by atoms with van der Waals surface area (Å²) in [7, 11) is 0. The lowest BCUT2D eigenvalue weighted by atomic mass is 9.82. The maximum atomic E-state index is 4.60. The van der Waals surface area contributed by atoms with Crippen molar-refractivity contribution in [1.82, 2.24) is 10.3 Å². The molecule has 1 aliphatic heterocycles.